The van der Waals surface area contributed by atoms with Gasteiger partial charge in [0.2, 0.25) is 0 Å². The highest BCUT2D eigenvalue weighted by Gasteiger charge is 2.15. The van der Waals surface area contributed by atoms with E-state index in [1.165, 1.54) is 11.1 Å². The lowest BCUT2D eigenvalue weighted by Gasteiger charge is -2.20. The van der Waals surface area contributed by atoms with E-state index in [9.17, 15) is 5.11 Å². The summed E-state index contributed by atoms with van der Waals surface area (Å²) in [4.78, 5) is 0. The fourth-order valence-corrected chi connectivity index (χ4v) is 2.64. The molecule has 2 unspecified atom stereocenters. The first kappa shape index (κ1) is 13.0. The largest absolute Gasteiger partial charge is 0.508 e. The Morgan fingerprint density at radius 3 is 2.05 bits per heavy atom. The maximum absolute atomic E-state index is 9.39. The highest BCUT2D eigenvalue weighted by molar-refractivity contribution is 5.30. The fraction of sp³-hybridized carbons (Fsp3) is 0.333. The first-order chi connectivity index (χ1) is 10.1. The van der Waals surface area contributed by atoms with Gasteiger partial charge in [-0.15, -0.1) is 0 Å². The SMILES string of the molecule is [2H]Oc1ccc(C(C)CC(CC)c2ccc(O)cc2)cc1. The van der Waals surface area contributed by atoms with Gasteiger partial charge in [0, 0.05) is 0 Å². The molecule has 0 aliphatic carbocycles. The summed E-state index contributed by atoms with van der Waals surface area (Å²) < 4.78 is 6.87. The monoisotopic (exact) mass is 271 g/mol. The summed E-state index contributed by atoms with van der Waals surface area (Å²) in [6.07, 6.45) is 2.13. The van der Waals surface area contributed by atoms with Crippen molar-refractivity contribution in [3.63, 3.8) is 0 Å². The highest BCUT2D eigenvalue weighted by Crippen LogP contribution is 2.33. The summed E-state index contributed by atoms with van der Waals surface area (Å²) in [5, 5.41) is 13.9. The molecule has 20 heavy (non-hydrogen) atoms. The zero-order valence-electron chi connectivity index (χ0n) is 13.0. The number of phenolic OH excluding ortho intramolecular Hbond substituents is 2. The molecular formula is C18H22O2. The van der Waals surface area contributed by atoms with Crippen molar-refractivity contribution in [3.05, 3.63) is 59.7 Å². The quantitative estimate of drug-likeness (QED) is 0.793. The first-order valence-corrected chi connectivity index (χ1v) is 7.16. The van der Waals surface area contributed by atoms with Crippen LogP contribution in [0.2, 0.25) is 0 Å². The third-order valence-corrected chi connectivity index (χ3v) is 3.94. The molecule has 0 saturated heterocycles. The van der Waals surface area contributed by atoms with E-state index in [4.69, 9.17) is 1.43 Å². The van der Waals surface area contributed by atoms with Crippen molar-refractivity contribution in [1.82, 2.24) is 0 Å². The molecule has 0 heterocycles. The average Bonchev–Trinajstić information content (AvgIpc) is 2.53. The molecule has 0 aromatic heterocycles. The van der Waals surface area contributed by atoms with Gasteiger partial charge in [-0.05, 0) is 60.1 Å². The molecule has 106 valence electrons. The van der Waals surface area contributed by atoms with E-state index in [2.05, 4.69) is 19.0 Å². The van der Waals surface area contributed by atoms with Gasteiger partial charge in [-0.1, -0.05) is 38.1 Å². The van der Waals surface area contributed by atoms with Gasteiger partial charge in [0.15, 0.2) is 0 Å². The zero-order chi connectivity index (χ0) is 15.2. The minimum absolute atomic E-state index is 0.313. The molecule has 2 heteroatoms. The van der Waals surface area contributed by atoms with Crippen molar-refractivity contribution >= 4 is 0 Å². The van der Waals surface area contributed by atoms with E-state index in [1.54, 1.807) is 12.1 Å². The normalized spacial score (nSPS) is 14.4. The summed E-state index contributed by atoms with van der Waals surface area (Å²) in [5.41, 5.74) is 2.53. The van der Waals surface area contributed by atoms with Crippen LogP contribution in [0.4, 0.5) is 0 Å². The molecule has 0 aliphatic heterocycles. The van der Waals surface area contributed by atoms with Gasteiger partial charge in [0.05, 0.1) is 0 Å². The van der Waals surface area contributed by atoms with Gasteiger partial charge >= 0.3 is 0 Å². The molecule has 0 fully saturated rings. The zero-order valence-corrected chi connectivity index (χ0v) is 12.0. The Labute approximate surface area is 122 Å². The van der Waals surface area contributed by atoms with Crippen LogP contribution in [0, 0.1) is 0 Å². The van der Waals surface area contributed by atoms with E-state index in [1.807, 2.05) is 36.4 Å². The molecule has 0 saturated carbocycles. The molecule has 0 aliphatic rings. The lowest BCUT2D eigenvalue weighted by atomic mass is 9.84. The fourth-order valence-electron chi connectivity index (χ4n) is 2.64. The number of aromatic hydroxyl groups is 2. The Morgan fingerprint density at radius 1 is 0.950 bits per heavy atom. The molecule has 2 N–H and O–H groups in total. The Hall–Kier alpha value is -1.96. The summed E-state index contributed by atoms with van der Waals surface area (Å²) in [7, 11) is 0. The number of rotatable bonds is 6. The van der Waals surface area contributed by atoms with Gasteiger partial charge in [-0.2, -0.15) is 0 Å². The second-order valence-corrected chi connectivity index (χ2v) is 5.40. The topological polar surface area (TPSA) is 40.5 Å². The molecule has 2 aromatic rings. The predicted octanol–water partition coefficient (Wildman–Crippen LogP) is 4.79. The van der Waals surface area contributed by atoms with Crippen LogP contribution in [0.25, 0.3) is 0 Å². The van der Waals surface area contributed by atoms with Gasteiger partial charge in [0.25, 0.3) is 1.43 Å². The van der Waals surface area contributed by atoms with E-state index in [0.29, 0.717) is 23.3 Å². The molecule has 0 radical (unpaired) electrons. The first-order valence-electron chi connectivity index (χ1n) is 7.57. The second kappa shape index (κ2) is 6.47. The highest BCUT2D eigenvalue weighted by atomic mass is 16.3. The van der Waals surface area contributed by atoms with E-state index in [-0.39, 0.29) is 0 Å². The molecule has 0 bridgehead atoms. The van der Waals surface area contributed by atoms with E-state index in [0.717, 1.165) is 12.8 Å². The lowest BCUT2D eigenvalue weighted by Crippen LogP contribution is -2.03. The van der Waals surface area contributed by atoms with Gasteiger partial charge < -0.3 is 10.2 Å². The van der Waals surface area contributed by atoms with E-state index < -0.39 is 0 Å². The van der Waals surface area contributed by atoms with Gasteiger partial charge in [-0.25, -0.2) is 0 Å². The molecule has 0 spiro atoms. The van der Waals surface area contributed by atoms with Crippen molar-refractivity contribution in [1.29, 1.82) is 1.43 Å². The molecule has 2 atom stereocenters. The molecule has 2 rings (SSSR count). The number of phenols is 2. The predicted molar refractivity (Wildman–Crippen MR) is 82.3 cm³/mol. The maximum Gasteiger partial charge on any atom is 0.293 e. The smallest absolute Gasteiger partial charge is 0.293 e. The summed E-state index contributed by atoms with van der Waals surface area (Å²) >= 11 is 0. The van der Waals surface area contributed by atoms with Crippen LogP contribution in [0.1, 0.15) is 49.7 Å². The van der Waals surface area contributed by atoms with Crippen LogP contribution in [-0.2, 0) is 0 Å². The molecular weight excluding hydrogens is 248 g/mol. The van der Waals surface area contributed by atoms with Gasteiger partial charge in [0.1, 0.15) is 11.5 Å². The van der Waals surface area contributed by atoms with Crippen molar-refractivity contribution < 1.29 is 10.2 Å². The molecule has 2 aromatic carbocycles. The molecule has 2 nitrogen and oxygen atoms in total. The minimum Gasteiger partial charge on any atom is -0.508 e. The summed E-state index contributed by atoms with van der Waals surface area (Å²) in [6, 6.07) is 15.2. The standard InChI is InChI=1S/C18H22O2/c1-3-14(16-6-10-18(20)11-7-16)12-13(2)15-4-8-17(19)9-5-15/h4-11,13-14,19-20H,3,12H2,1-2H3/i/hD. The summed E-state index contributed by atoms with van der Waals surface area (Å²) in [5.74, 6) is 1.79. The van der Waals surface area contributed by atoms with Crippen LogP contribution >= 0.6 is 0 Å². The van der Waals surface area contributed by atoms with E-state index >= 15 is 0 Å². The molecule has 0 amide bonds. The van der Waals surface area contributed by atoms with Crippen LogP contribution in [0.5, 0.6) is 11.5 Å². The number of hydrogen-bond acceptors (Lipinski definition) is 2. The maximum atomic E-state index is 9.39. The van der Waals surface area contributed by atoms with Crippen LogP contribution in [0.3, 0.4) is 0 Å². The van der Waals surface area contributed by atoms with Crippen molar-refractivity contribution in [3.8, 4) is 11.5 Å². The third-order valence-electron chi connectivity index (χ3n) is 3.94. The third kappa shape index (κ3) is 3.53. The number of hydrogen-bond donors (Lipinski definition) is 2. The van der Waals surface area contributed by atoms with Crippen molar-refractivity contribution in [2.75, 3.05) is 0 Å². The Balaban J connectivity index is 2.08. The number of benzene rings is 2. The van der Waals surface area contributed by atoms with Crippen molar-refractivity contribution in [2.24, 2.45) is 0 Å². The minimum atomic E-state index is 0.313. The Morgan fingerprint density at radius 2 is 1.50 bits per heavy atom. The van der Waals surface area contributed by atoms with Crippen LogP contribution in [-0.4, -0.2) is 11.6 Å². The second-order valence-electron chi connectivity index (χ2n) is 5.40. The summed E-state index contributed by atoms with van der Waals surface area (Å²) in [6.45, 7) is 4.42. The van der Waals surface area contributed by atoms with Crippen LogP contribution < -0.4 is 0 Å². The van der Waals surface area contributed by atoms with Crippen LogP contribution in [0.15, 0.2) is 48.5 Å². The average molecular weight is 271 g/mol. The Bertz CT molecular complexity index is 548. The Kier molecular flexibility index (Phi) is 4.22. The lowest BCUT2D eigenvalue weighted by molar-refractivity contribution is 0.474. The van der Waals surface area contributed by atoms with Crippen molar-refractivity contribution in [2.45, 2.75) is 38.5 Å². The van der Waals surface area contributed by atoms with Gasteiger partial charge in [-0.3, -0.25) is 0 Å².